The second-order valence-corrected chi connectivity index (χ2v) is 5.86. The molecule has 3 N–H and O–H groups in total. The van der Waals surface area contributed by atoms with E-state index in [2.05, 4.69) is 16.2 Å². The van der Waals surface area contributed by atoms with Gasteiger partial charge in [-0.2, -0.15) is 0 Å². The maximum Gasteiger partial charge on any atom is 0.270 e. The molecule has 0 atom stereocenters. The molecule has 9 heteroatoms. The average Bonchev–Trinajstić information content (AvgIpc) is 2.61. The second-order valence-electron chi connectivity index (χ2n) is 5.02. The van der Waals surface area contributed by atoms with Crippen molar-refractivity contribution in [3.63, 3.8) is 0 Å². The molecule has 25 heavy (non-hydrogen) atoms. The monoisotopic (exact) mass is 378 g/mol. The fourth-order valence-corrected chi connectivity index (χ4v) is 2.24. The van der Waals surface area contributed by atoms with E-state index in [1.165, 1.54) is 24.3 Å². The molecule has 1 amide bonds. The molecule has 2 rings (SSSR count). The van der Waals surface area contributed by atoms with E-state index in [4.69, 9.17) is 23.8 Å². The number of nitrogens with one attached hydrogen (secondary N) is 3. The van der Waals surface area contributed by atoms with E-state index < -0.39 is 10.8 Å². The number of nitro benzene ring substituents is 1. The summed E-state index contributed by atoms with van der Waals surface area (Å²) in [6.45, 7) is 0.570. The average molecular weight is 379 g/mol. The maximum absolute atomic E-state index is 12.0. The molecule has 7 nitrogen and oxygen atoms in total. The molecule has 0 radical (unpaired) electrons. The number of nitrogens with zero attached hydrogens (tertiary/aromatic N) is 1. The quantitative estimate of drug-likeness (QED) is 0.420. The van der Waals surface area contributed by atoms with E-state index in [1.54, 1.807) is 0 Å². The Labute approximate surface area is 154 Å². The molecule has 0 saturated heterocycles. The van der Waals surface area contributed by atoms with E-state index in [0.717, 1.165) is 12.0 Å². The van der Waals surface area contributed by atoms with Crippen molar-refractivity contribution >= 4 is 40.5 Å². The first kappa shape index (κ1) is 18.6. The van der Waals surface area contributed by atoms with E-state index in [-0.39, 0.29) is 16.4 Å². The number of non-ortho nitro benzene ring substituents is 1. The third-order valence-corrected chi connectivity index (χ3v) is 3.72. The molecule has 2 aromatic rings. The molecule has 130 valence electrons. The predicted molar refractivity (Wildman–Crippen MR) is 99.5 cm³/mol. The summed E-state index contributed by atoms with van der Waals surface area (Å²) in [5.41, 5.74) is 6.04. The van der Waals surface area contributed by atoms with Gasteiger partial charge in [-0.3, -0.25) is 25.8 Å². The van der Waals surface area contributed by atoms with Gasteiger partial charge in [0.25, 0.3) is 11.6 Å². The van der Waals surface area contributed by atoms with Crippen molar-refractivity contribution in [3.8, 4) is 0 Å². The van der Waals surface area contributed by atoms with E-state index in [9.17, 15) is 14.9 Å². The van der Waals surface area contributed by atoms with Crippen molar-refractivity contribution in [2.75, 3.05) is 6.54 Å². The number of rotatable bonds is 5. The zero-order valence-electron chi connectivity index (χ0n) is 13.0. The summed E-state index contributed by atoms with van der Waals surface area (Å²) in [6, 6.07) is 12.9. The molecule has 0 unspecified atom stereocenters. The van der Waals surface area contributed by atoms with Crippen LogP contribution in [0.25, 0.3) is 0 Å². The molecule has 2 aromatic carbocycles. The number of amides is 1. The van der Waals surface area contributed by atoms with Crippen molar-refractivity contribution in [1.29, 1.82) is 0 Å². The summed E-state index contributed by atoms with van der Waals surface area (Å²) in [7, 11) is 0. The van der Waals surface area contributed by atoms with Crippen molar-refractivity contribution in [3.05, 3.63) is 74.8 Å². The fraction of sp³-hybridized carbons (Fsp3) is 0.125. The lowest BCUT2D eigenvalue weighted by Gasteiger charge is -2.11. The topological polar surface area (TPSA) is 96.3 Å². The third kappa shape index (κ3) is 6.02. The van der Waals surface area contributed by atoms with Gasteiger partial charge in [0, 0.05) is 29.3 Å². The normalized spacial score (nSPS) is 9.96. The molecule has 0 bridgehead atoms. The van der Waals surface area contributed by atoms with Crippen molar-refractivity contribution in [2.45, 2.75) is 6.42 Å². The molecule has 0 aliphatic rings. The minimum Gasteiger partial charge on any atom is -0.361 e. The van der Waals surface area contributed by atoms with E-state index in [0.29, 0.717) is 11.6 Å². The smallest absolute Gasteiger partial charge is 0.270 e. The summed E-state index contributed by atoms with van der Waals surface area (Å²) in [5, 5.41) is 14.6. The van der Waals surface area contributed by atoms with Crippen LogP contribution < -0.4 is 16.2 Å². The number of thiocarbonyl (C=S) groups is 1. The van der Waals surface area contributed by atoms with Gasteiger partial charge in [-0.1, -0.05) is 29.8 Å². The molecule has 0 aliphatic carbocycles. The van der Waals surface area contributed by atoms with Crippen LogP contribution in [0.1, 0.15) is 15.9 Å². The number of nitro groups is 1. The van der Waals surface area contributed by atoms with Crippen LogP contribution in [-0.4, -0.2) is 22.5 Å². The van der Waals surface area contributed by atoms with Crippen LogP contribution in [0.3, 0.4) is 0 Å². The van der Waals surface area contributed by atoms with Crippen LogP contribution in [0.4, 0.5) is 5.69 Å². The molecule has 0 fully saturated rings. The summed E-state index contributed by atoms with van der Waals surface area (Å²) in [4.78, 5) is 22.1. The van der Waals surface area contributed by atoms with Crippen LogP contribution in [-0.2, 0) is 6.42 Å². The van der Waals surface area contributed by atoms with Crippen LogP contribution in [0.5, 0.6) is 0 Å². The molecule has 0 saturated carbocycles. The van der Waals surface area contributed by atoms with Gasteiger partial charge in [-0.05, 0) is 42.4 Å². The number of carbonyl (C=O) groups is 1. The van der Waals surface area contributed by atoms with Gasteiger partial charge >= 0.3 is 0 Å². The van der Waals surface area contributed by atoms with Gasteiger partial charge in [0.15, 0.2) is 5.11 Å². The number of benzene rings is 2. The molecular formula is C16H15ClN4O3S. The Hall–Kier alpha value is -2.71. The van der Waals surface area contributed by atoms with E-state index in [1.807, 2.05) is 24.3 Å². The number of hydrogen-bond acceptors (Lipinski definition) is 4. The van der Waals surface area contributed by atoms with Gasteiger partial charge in [0.1, 0.15) is 0 Å². The minimum atomic E-state index is -0.562. The van der Waals surface area contributed by atoms with Gasteiger partial charge < -0.3 is 5.32 Å². The molecule has 0 aliphatic heterocycles. The number of carbonyl (C=O) groups excluding carboxylic acids is 1. The first-order valence-corrected chi connectivity index (χ1v) is 8.07. The number of halogens is 1. The lowest BCUT2D eigenvalue weighted by atomic mass is 10.1. The lowest BCUT2D eigenvalue weighted by molar-refractivity contribution is -0.384. The summed E-state index contributed by atoms with van der Waals surface area (Å²) in [6.07, 6.45) is 0.734. The second kappa shape index (κ2) is 8.95. The summed E-state index contributed by atoms with van der Waals surface area (Å²) >= 11 is 10.9. The minimum absolute atomic E-state index is 0.156. The van der Waals surface area contributed by atoms with Crippen LogP contribution in [0.2, 0.25) is 5.02 Å². The molecular weight excluding hydrogens is 364 g/mol. The Bertz CT molecular complexity index is 783. The van der Waals surface area contributed by atoms with Crippen LogP contribution in [0, 0.1) is 10.1 Å². The van der Waals surface area contributed by atoms with Gasteiger partial charge in [-0.25, -0.2) is 0 Å². The molecule has 0 heterocycles. The Morgan fingerprint density at radius 1 is 1.16 bits per heavy atom. The predicted octanol–water partition coefficient (Wildman–Crippen LogP) is 2.60. The van der Waals surface area contributed by atoms with Crippen molar-refractivity contribution in [2.24, 2.45) is 0 Å². The first-order valence-electron chi connectivity index (χ1n) is 7.29. The fourth-order valence-electron chi connectivity index (χ4n) is 1.96. The largest absolute Gasteiger partial charge is 0.361 e. The van der Waals surface area contributed by atoms with Crippen molar-refractivity contribution in [1.82, 2.24) is 16.2 Å². The molecule has 0 spiro atoms. The maximum atomic E-state index is 12.0. The van der Waals surface area contributed by atoms with E-state index >= 15 is 0 Å². The lowest BCUT2D eigenvalue weighted by Crippen LogP contribution is -2.47. The summed E-state index contributed by atoms with van der Waals surface area (Å²) < 4.78 is 0. The zero-order chi connectivity index (χ0) is 18.2. The van der Waals surface area contributed by atoms with Gasteiger partial charge in [0.2, 0.25) is 0 Å². The highest BCUT2D eigenvalue weighted by Gasteiger charge is 2.11. The third-order valence-electron chi connectivity index (χ3n) is 3.22. The highest BCUT2D eigenvalue weighted by Crippen LogP contribution is 2.12. The van der Waals surface area contributed by atoms with Crippen LogP contribution in [0.15, 0.2) is 48.5 Å². The van der Waals surface area contributed by atoms with Crippen LogP contribution >= 0.6 is 23.8 Å². The van der Waals surface area contributed by atoms with Gasteiger partial charge in [-0.15, -0.1) is 0 Å². The standard InChI is InChI=1S/C16H15ClN4O3S/c17-13-6-4-11(5-7-13)8-9-18-16(25)20-19-15(22)12-2-1-3-14(10-12)21(23)24/h1-7,10H,8-9H2,(H,19,22)(H2,18,20,25). The Morgan fingerprint density at radius 3 is 2.56 bits per heavy atom. The SMILES string of the molecule is O=C(NNC(=S)NCCc1ccc(Cl)cc1)c1cccc([N+](=O)[O-])c1. The highest BCUT2D eigenvalue weighted by molar-refractivity contribution is 7.80. The summed E-state index contributed by atoms with van der Waals surface area (Å²) in [5.74, 6) is -0.523. The number of hydrogen-bond donors (Lipinski definition) is 3. The molecule has 0 aromatic heterocycles. The first-order chi connectivity index (χ1) is 12.0. The Morgan fingerprint density at radius 2 is 1.88 bits per heavy atom. The Balaban J connectivity index is 1.75. The Kier molecular flexibility index (Phi) is 6.67. The van der Waals surface area contributed by atoms with Crippen molar-refractivity contribution < 1.29 is 9.72 Å². The zero-order valence-corrected chi connectivity index (χ0v) is 14.6. The highest BCUT2D eigenvalue weighted by atomic mass is 35.5. The van der Waals surface area contributed by atoms with Gasteiger partial charge in [0.05, 0.1) is 4.92 Å². The number of hydrazine groups is 1.